The van der Waals surface area contributed by atoms with Crippen LogP contribution in [0.4, 0.5) is 11.4 Å². The van der Waals surface area contributed by atoms with Crippen molar-refractivity contribution in [3.05, 3.63) is 64.8 Å². The Labute approximate surface area is 138 Å². The van der Waals surface area contributed by atoms with Gasteiger partial charge in [-0.3, -0.25) is 4.79 Å². The quantitative estimate of drug-likeness (QED) is 0.453. The SMILES string of the molecule is Cc1c(Cl)cccc1N/C=C(/C#N)C(=O)Nc1ccc(O)cc1. The number of nitrogens with one attached hydrogen (secondary N) is 2. The molecular weight excluding hydrogens is 314 g/mol. The van der Waals surface area contributed by atoms with E-state index in [4.69, 9.17) is 16.9 Å². The number of rotatable bonds is 4. The first kappa shape index (κ1) is 16.4. The van der Waals surface area contributed by atoms with Crippen LogP contribution in [0.3, 0.4) is 0 Å². The first-order valence-electron chi connectivity index (χ1n) is 6.73. The van der Waals surface area contributed by atoms with Crippen LogP contribution < -0.4 is 10.6 Å². The van der Waals surface area contributed by atoms with Crippen molar-refractivity contribution in [1.82, 2.24) is 0 Å². The number of aromatic hydroxyl groups is 1. The molecule has 2 aromatic rings. The Bertz CT molecular complexity index is 792. The molecule has 5 nitrogen and oxygen atoms in total. The summed E-state index contributed by atoms with van der Waals surface area (Å²) in [6.45, 7) is 1.83. The van der Waals surface area contributed by atoms with Gasteiger partial charge in [-0.25, -0.2) is 0 Å². The highest BCUT2D eigenvalue weighted by atomic mass is 35.5. The van der Waals surface area contributed by atoms with Gasteiger partial charge < -0.3 is 15.7 Å². The van der Waals surface area contributed by atoms with Gasteiger partial charge in [0.05, 0.1) is 0 Å². The Morgan fingerprint density at radius 3 is 2.61 bits per heavy atom. The zero-order chi connectivity index (χ0) is 16.8. The van der Waals surface area contributed by atoms with E-state index in [-0.39, 0.29) is 11.3 Å². The predicted molar refractivity (Wildman–Crippen MR) is 90.2 cm³/mol. The minimum Gasteiger partial charge on any atom is -0.508 e. The van der Waals surface area contributed by atoms with E-state index in [1.54, 1.807) is 18.2 Å². The van der Waals surface area contributed by atoms with Crippen LogP contribution in [0.5, 0.6) is 5.75 Å². The highest BCUT2D eigenvalue weighted by Gasteiger charge is 2.10. The van der Waals surface area contributed by atoms with Crippen LogP contribution in [0.2, 0.25) is 5.02 Å². The molecule has 2 aromatic carbocycles. The average molecular weight is 328 g/mol. The van der Waals surface area contributed by atoms with E-state index in [1.807, 2.05) is 13.0 Å². The second kappa shape index (κ2) is 7.34. The highest BCUT2D eigenvalue weighted by Crippen LogP contribution is 2.23. The summed E-state index contributed by atoms with van der Waals surface area (Å²) in [7, 11) is 0. The second-order valence-corrected chi connectivity index (χ2v) is 5.13. The number of phenols is 1. The predicted octanol–water partition coefficient (Wildman–Crippen LogP) is 3.81. The molecule has 23 heavy (non-hydrogen) atoms. The summed E-state index contributed by atoms with van der Waals surface area (Å²) >= 11 is 6.02. The van der Waals surface area contributed by atoms with Crippen LogP contribution in [0.25, 0.3) is 0 Å². The molecule has 0 unspecified atom stereocenters. The number of carbonyl (C=O) groups is 1. The molecule has 3 N–H and O–H groups in total. The van der Waals surface area contributed by atoms with Gasteiger partial charge in [0.25, 0.3) is 5.91 Å². The molecule has 1 amide bonds. The lowest BCUT2D eigenvalue weighted by molar-refractivity contribution is -0.112. The molecule has 2 rings (SSSR count). The number of phenolic OH excluding ortho intramolecular Hbond substituents is 1. The van der Waals surface area contributed by atoms with Crippen LogP contribution in [0.15, 0.2) is 54.2 Å². The molecule has 0 spiro atoms. The smallest absolute Gasteiger partial charge is 0.267 e. The van der Waals surface area contributed by atoms with Crippen LogP contribution in [0.1, 0.15) is 5.56 Å². The fourth-order valence-electron chi connectivity index (χ4n) is 1.81. The number of hydrogen-bond acceptors (Lipinski definition) is 4. The zero-order valence-electron chi connectivity index (χ0n) is 12.3. The van der Waals surface area contributed by atoms with Crippen molar-refractivity contribution in [3.63, 3.8) is 0 Å². The Hall–Kier alpha value is -2.97. The van der Waals surface area contributed by atoms with Gasteiger partial charge >= 0.3 is 0 Å². The van der Waals surface area contributed by atoms with E-state index >= 15 is 0 Å². The molecule has 0 saturated carbocycles. The third-order valence-corrected chi connectivity index (χ3v) is 3.54. The van der Waals surface area contributed by atoms with E-state index in [0.717, 1.165) is 5.56 Å². The molecule has 0 radical (unpaired) electrons. The molecule has 116 valence electrons. The molecule has 0 heterocycles. The summed E-state index contributed by atoms with van der Waals surface area (Å²) in [5.74, 6) is -0.456. The van der Waals surface area contributed by atoms with E-state index in [1.165, 1.54) is 30.5 Å². The summed E-state index contributed by atoms with van der Waals surface area (Å²) in [6, 6.07) is 13.1. The molecule has 0 aliphatic heterocycles. The summed E-state index contributed by atoms with van der Waals surface area (Å²) in [5, 5.41) is 24.4. The molecule has 0 fully saturated rings. The van der Waals surface area contributed by atoms with Crippen LogP contribution in [-0.2, 0) is 4.79 Å². The van der Waals surface area contributed by atoms with Gasteiger partial charge in [0.15, 0.2) is 0 Å². The molecule has 0 aliphatic rings. The minimum absolute atomic E-state index is 0.0857. The Morgan fingerprint density at radius 2 is 1.96 bits per heavy atom. The number of nitriles is 1. The number of benzene rings is 2. The van der Waals surface area contributed by atoms with Gasteiger partial charge in [0, 0.05) is 22.6 Å². The second-order valence-electron chi connectivity index (χ2n) is 4.73. The molecule has 0 aromatic heterocycles. The summed E-state index contributed by atoms with van der Waals surface area (Å²) in [4.78, 5) is 12.1. The molecule has 0 atom stereocenters. The van der Waals surface area contributed by atoms with Crippen molar-refractivity contribution < 1.29 is 9.90 Å². The van der Waals surface area contributed by atoms with Crippen LogP contribution in [0, 0.1) is 18.3 Å². The number of carbonyl (C=O) groups excluding carboxylic acids is 1. The topological polar surface area (TPSA) is 85.2 Å². The highest BCUT2D eigenvalue weighted by molar-refractivity contribution is 6.31. The average Bonchev–Trinajstić information content (AvgIpc) is 2.54. The van der Waals surface area contributed by atoms with Crippen molar-refractivity contribution in [2.75, 3.05) is 10.6 Å². The standard InChI is InChI=1S/C17H14ClN3O2/c1-11-15(18)3-2-4-16(11)20-10-12(9-19)17(23)21-13-5-7-14(22)8-6-13/h2-8,10,20,22H,1H3,(H,21,23)/b12-10-. The van der Waals surface area contributed by atoms with E-state index in [2.05, 4.69) is 10.6 Å². The molecule has 0 bridgehead atoms. The van der Waals surface area contributed by atoms with E-state index in [9.17, 15) is 9.90 Å². The van der Waals surface area contributed by atoms with Crippen molar-refractivity contribution >= 4 is 28.9 Å². The normalized spacial score (nSPS) is 10.7. The third-order valence-electron chi connectivity index (χ3n) is 3.13. The fraction of sp³-hybridized carbons (Fsp3) is 0.0588. The fourth-order valence-corrected chi connectivity index (χ4v) is 1.98. The largest absolute Gasteiger partial charge is 0.508 e. The van der Waals surface area contributed by atoms with Gasteiger partial charge in [-0.1, -0.05) is 17.7 Å². The molecule has 0 saturated heterocycles. The zero-order valence-corrected chi connectivity index (χ0v) is 13.1. The monoisotopic (exact) mass is 327 g/mol. The van der Waals surface area contributed by atoms with Gasteiger partial charge in [-0.15, -0.1) is 0 Å². The first-order valence-corrected chi connectivity index (χ1v) is 7.11. The maximum Gasteiger partial charge on any atom is 0.267 e. The number of halogens is 1. The Balaban J connectivity index is 2.12. The Morgan fingerprint density at radius 1 is 1.26 bits per heavy atom. The lowest BCUT2D eigenvalue weighted by Gasteiger charge is -2.08. The minimum atomic E-state index is -0.551. The van der Waals surface area contributed by atoms with Gasteiger partial charge in [-0.2, -0.15) is 5.26 Å². The number of anilines is 2. The van der Waals surface area contributed by atoms with Gasteiger partial charge in [0.1, 0.15) is 17.4 Å². The van der Waals surface area contributed by atoms with E-state index < -0.39 is 5.91 Å². The Kier molecular flexibility index (Phi) is 5.23. The summed E-state index contributed by atoms with van der Waals surface area (Å²) in [6.07, 6.45) is 1.33. The van der Waals surface area contributed by atoms with Crippen molar-refractivity contribution in [3.8, 4) is 11.8 Å². The number of nitrogens with zero attached hydrogens (tertiary/aromatic N) is 1. The third kappa shape index (κ3) is 4.25. The van der Waals surface area contributed by atoms with Crippen LogP contribution in [-0.4, -0.2) is 11.0 Å². The first-order chi connectivity index (χ1) is 11.0. The van der Waals surface area contributed by atoms with Crippen molar-refractivity contribution in [2.24, 2.45) is 0 Å². The van der Waals surface area contributed by atoms with Gasteiger partial charge in [-0.05, 0) is 48.9 Å². The van der Waals surface area contributed by atoms with Gasteiger partial charge in [0.2, 0.25) is 0 Å². The molecule has 0 aliphatic carbocycles. The van der Waals surface area contributed by atoms with E-state index in [0.29, 0.717) is 16.4 Å². The molecular formula is C17H14ClN3O2. The van der Waals surface area contributed by atoms with Crippen LogP contribution >= 0.6 is 11.6 Å². The van der Waals surface area contributed by atoms with Crippen molar-refractivity contribution in [2.45, 2.75) is 6.92 Å². The maximum absolute atomic E-state index is 12.1. The summed E-state index contributed by atoms with van der Waals surface area (Å²) in [5.41, 5.74) is 1.93. The summed E-state index contributed by atoms with van der Waals surface area (Å²) < 4.78 is 0. The maximum atomic E-state index is 12.1. The lowest BCUT2D eigenvalue weighted by atomic mass is 10.2. The number of amides is 1. The lowest BCUT2D eigenvalue weighted by Crippen LogP contribution is -2.14. The number of hydrogen-bond donors (Lipinski definition) is 3. The molecule has 6 heteroatoms. The van der Waals surface area contributed by atoms with Crippen molar-refractivity contribution in [1.29, 1.82) is 5.26 Å².